The smallest absolute Gasteiger partial charge is 0.354 e. The molecule has 0 atom stereocenters. The van der Waals surface area contributed by atoms with Crippen LogP contribution in [0, 0.1) is 5.41 Å². The average Bonchev–Trinajstić information content (AvgIpc) is 3.07. The van der Waals surface area contributed by atoms with Crippen molar-refractivity contribution in [2.45, 2.75) is 64.7 Å². The Bertz CT molecular complexity index is 1210. The molecule has 2 saturated heterocycles. The molecule has 6 nitrogen and oxygen atoms in total. The number of hydrazone groups is 1. The van der Waals surface area contributed by atoms with Gasteiger partial charge in [-0.15, -0.1) is 0 Å². The van der Waals surface area contributed by atoms with E-state index in [2.05, 4.69) is 45.3 Å². The predicted molar refractivity (Wildman–Crippen MR) is 179 cm³/mol. The Morgan fingerprint density at radius 2 is 1.13 bits per heavy atom. The third-order valence-corrected chi connectivity index (χ3v) is 7.47. The summed E-state index contributed by atoms with van der Waals surface area (Å²) in [6.45, 7) is 10.4. The van der Waals surface area contributed by atoms with Gasteiger partial charge in [-0.25, -0.2) is 5.43 Å². The molecule has 5 rings (SSSR count). The summed E-state index contributed by atoms with van der Waals surface area (Å²) in [7, 11) is 0. The lowest BCUT2D eigenvalue weighted by atomic mass is 9.93. The lowest BCUT2D eigenvalue weighted by molar-refractivity contribution is -0.138. The number of rotatable bonds is 5. The van der Waals surface area contributed by atoms with E-state index in [4.69, 9.17) is 0 Å². The van der Waals surface area contributed by atoms with Crippen molar-refractivity contribution in [1.29, 1.82) is 0 Å². The Morgan fingerprint density at radius 1 is 0.702 bits per heavy atom. The highest BCUT2D eigenvalue weighted by molar-refractivity contribution is 6.09. The van der Waals surface area contributed by atoms with E-state index in [-0.39, 0.29) is 5.41 Å². The second-order valence-electron chi connectivity index (χ2n) is 12.4. The number of nitrogens with zero attached hydrogens (tertiary/aromatic N) is 2. The first-order chi connectivity index (χ1) is 22.3. The Morgan fingerprint density at radius 3 is 1.43 bits per heavy atom. The molecule has 0 spiro atoms. The first-order valence-electron chi connectivity index (χ1n) is 16.1. The Balaban J connectivity index is 0.000000414. The predicted octanol–water partition coefficient (Wildman–Crippen LogP) is 7.90. The lowest BCUT2D eigenvalue weighted by Gasteiger charge is -2.28. The normalized spacial score (nSPS) is 18.2. The molecule has 0 amide bonds. The number of halogens is 6. The number of alkyl halides is 6. The molecule has 258 valence electrons. The summed E-state index contributed by atoms with van der Waals surface area (Å²) in [4.78, 5) is 4.38. The van der Waals surface area contributed by atoms with Crippen molar-refractivity contribution in [2.75, 3.05) is 39.3 Å². The van der Waals surface area contributed by atoms with Gasteiger partial charge in [0.05, 0.1) is 16.8 Å². The summed E-state index contributed by atoms with van der Waals surface area (Å²) in [6, 6.07) is 9.25. The van der Waals surface area contributed by atoms with Gasteiger partial charge in [-0.1, -0.05) is 63.1 Å². The van der Waals surface area contributed by atoms with Gasteiger partial charge < -0.3 is 16.0 Å². The van der Waals surface area contributed by atoms with E-state index in [1.165, 1.54) is 89.0 Å². The van der Waals surface area contributed by atoms with Crippen molar-refractivity contribution >= 4 is 23.8 Å². The Kier molecular flexibility index (Phi) is 15.0. The highest BCUT2D eigenvalue weighted by atomic mass is 19.4. The van der Waals surface area contributed by atoms with Crippen LogP contribution in [-0.4, -0.2) is 50.9 Å². The molecule has 2 aromatic rings. The largest absolute Gasteiger partial charge is 0.416 e. The first-order valence-corrected chi connectivity index (χ1v) is 16.1. The van der Waals surface area contributed by atoms with Crippen LogP contribution in [0.1, 0.15) is 74.6 Å². The number of nitrogens with one attached hydrogen (secondary N) is 4. The fraction of sp³-hybridized carbons (Fsp3) is 0.486. The van der Waals surface area contributed by atoms with Gasteiger partial charge in [-0.3, -0.25) is 4.99 Å². The zero-order chi connectivity index (χ0) is 34.2. The molecule has 12 heteroatoms. The fourth-order valence-corrected chi connectivity index (χ4v) is 4.58. The van der Waals surface area contributed by atoms with Crippen LogP contribution in [0.2, 0.25) is 0 Å². The van der Waals surface area contributed by atoms with E-state index >= 15 is 0 Å². The maximum Gasteiger partial charge on any atom is 0.416 e. The zero-order valence-electron chi connectivity index (χ0n) is 27.1. The molecule has 3 aliphatic heterocycles. The molecule has 0 saturated carbocycles. The van der Waals surface area contributed by atoms with Gasteiger partial charge in [0.1, 0.15) is 0 Å². The van der Waals surface area contributed by atoms with E-state index < -0.39 is 23.5 Å². The van der Waals surface area contributed by atoms with E-state index in [0.29, 0.717) is 35.9 Å². The van der Waals surface area contributed by atoms with Crippen molar-refractivity contribution in [2.24, 2.45) is 15.5 Å². The third-order valence-electron chi connectivity index (χ3n) is 7.47. The number of piperidine rings is 2. The molecular weight excluding hydrogens is 618 g/mol. The number of hydrogen-bond donors (Lipinski definition) is 4. The molecule has 47 heavy (non-hydrogen) atoms. The molecule has 4 N–H and O–H groups in total. The second-order valence-corrected chi connectivity index (χ2v) is 12.4. The zero-order valence-corrected chi connectivity index (χ0v) is 27.1. The third kappa shape index (κ3) is 15.2. The van der Waals surface area contributed by atoms with Crippen molar-refractivity contribution in [3.8, 4) is 0 Å². The lowest BCUT2D eigenvalue weighted by Crippen LogP contribution is -2.46. The summed E-state index contributed by atoms with van der Waals surface area (Å²) in [5, 5.41) is 14.0. The van der Waals surface area contributed by atoms with E-state index in [1.54, 1.807) is 24.3 Å². The van der Waals surface area contributed by atoms with Gasteiger partial charge >= 0.3 is 12.4 Å². The SMILES string of the molecule is C1CCNCC1.C1CCNCC1.CC1(C)CN=C(NN=C(/C=C/c2ccc(C(F)(F)F)cc2)/C=C/c2ccc(C(F)(F)F)cc2)NC1. The van der Waals surface area contributed by atoms with E-state index in [1.807, 2.05) is 0 Å². The van der Waals surface area contributed by atoms with Crippen molar-refractivity contribution in [3.05, 3.63) is 82.9 Å². The van der Waals surface area contributed by atoms with Gasteiger partial charge in [-0.2, -0.15) is 31.4 Å². The number of hydrogen-bond acceptors (Lipinski definition) is 6. The standard InChI is InChI=1S/C25H24F6N4.2C5H11N/c1-23(2)15-32-22(33-16-23)35-34-21(13-7-17-3-9-19(10-4-17)24(26,27)28)14-8-18-5-11-20(12-6-18)25(29,30)31;2*1-2-4-6-5-3-1/h3-14H,15-16H2,1-2H3,(H2,32,33,35);2*6H,1-5H2/b13-7+,14-8+;;. The molecule has 2 aromatic carbocycles. The molecule has 0 aliphatic carbocycles. The minimum absolute atomic E-state index is 0.00266. The summed E-state index contributed by atoms with van der Waals surface area (Å²) in [6.07, 6.45) is 5.89. The van der Waals surface area contributed by atoms with Gasteiger partial charge in [0.25, 0.3) is 0 Å². The van der Waals surface area contributed by atoms with E-state index in [9.17, 15) is 26.3 Å². The number of benzene rings is 2. The average molecular weight is 665 g/mol. The topological polar surface area (TPSA) is 72.8 Å². The van der Waals surface area contributed by atoms with Crippen LogP contribution in [0.25, 0.3) is 12.2 Å². The quantitative estimate of drug-likeness (QED) is 0.149. The van der Waals surface area contributed by atoms with Gasteiger partial charge in [0.2, 0.25) is 5.96 Å². The van der Waals surface area contributed by atoms with Gasteiger partial charge in [0.15, 0.2) is 0 Å². The van der Waals surface area contributed by atoms with Gasteiger partial charge in [-0.05, 0) is 99.4 Å². The molecule has 0 unspecified atom stereocenters. The minimum Gasteiger partial charge on any atom is -0.354 e. The van der Waals surface area contributed by atoms with Crippen LogP contribution in [-0.2, 0) is 12.4 Å². The van der Waals surface area contributed by atoms with Crippen LogP contribution < -0.4 is 21.4 Å². The molecule has 0 aromatic heterocycles. The molecule has 2 fully saturated rings. The molecule has 3 heterocycles. The molecule has 3 aliphatic rings. The first kappa shape index (κ1) is 37.8. The van der Waals surface area contributed by atoms with E-state index in [0.717, 1.165) is 24.3 Å². The van der Waals surface area contributed by atoms with Crippen LogP contribution in [0.5, 0.6) is 0 Å². The molecule has 0 radical (unpaired) electrons. The van der Waals surface area contributed by atoms with Crippen LogP contribution in [0.4, 0.5) is 26.3 Å². The Labute approximate surface area is 273 Å². The summed E-state index contributed by atoms with van der Waals surface area (Å²) in [5.74, 6) is 0.465. The van der Waals surface area contributed by atoms with Crippen LogP contribution in [0.3, 0.4) is 0 Å². The fourth-order valence-electron chi connectivity index (χ4n) is 4.58. The van der Waals surface area contributed by atoms with Gasteiger partial charge in [0, 0.05) is 18.5 Å². The highest BCUT2D eigenvalue weighted by Crippen LogP contribution is 2.30. The number of allylic oxidation sites excluding steroid dienone is 2. The molecular formula is C35H46F6N6. The van der Waals surface area contributed by atoms with Crippen molar-refractivity contribution in [3.63, 3.8) is 0 Å². The second kappa shape index (κ2) is 18.6. The van der Waals surface area contributed by atoms with Crippen molar-refractivity contribution in [1.82, 2.24) is 21.4 Å². The summed E-state index contributed by atoms with van der Waals surface area (Å²) >= 11 is 0. The summed E-state index contributed by atoms with van der Waals surface area (Å²) < 4.78 is 76.7. The Hall–Kier alpha value is -3.64. The van der Waals surface area contributed by atoms with Crippen molar-refractivity contribution < 1.29 is 26.3 Å². The van der Waals surface area contributed by atoms with Crippen LogP contribution >= 0.6 is 0 Å². The number of aliphatic imine (C=N–C) groups is 1. The highest BCUT2D eigenvalue weighted by Gasteiger charge is 2.30. The maximum absolute atomic E-state index is 12.8. The number of guanidine groups is 1. The summed E-state index contributed by atoms with van der Waals surface area (Å²) in [5.41, 5.74) is 2.72. The minimum atomic E-state index is -4.43. The maximum atomic E-state index is 12.8. The monoisotopic (exact) mass is 664 g/mol. The van der Waals surface area contributed by atoms with Crippen LogP contribution in [0.15, 0.2) is 70.8 Å². The molecule has 0 bridgehead atoms.